The molecule has 1 amide bonds. The van der Waals surface area contributed by atoms with Gasteiger partial charge in [-0.25, -0.2) is 0 Å². The van der Waals surface area contributed by atoms with E-state index in [0.717, 1.165) is 31.1 Å². The monoisotopic (exact) mass is 297 g/mol. The summed E-state index contributed by atoms with van der Waals surface area (Å²) in [5.74, 6) is 0.0938. The van der Waals surface area contributed by atoms with Crippen LogP contribution in [0.5, 0.6) is 0 Å². The molecular formula is C15H24ClN3O. The van der Waals surface area contributed by atoms with Crippen molar-refractivity contribution in [1.82, 2.24) is 15.5 Å². The molecule has 1 aromatic carbocycles. The molecule has 2 N–H and O–H groups in total. The zero-order valence-electron chi connectivity index (χ0n) is 12.3. The van der Waals surface area contributed by atoms with Gasteiger partial charge in [-0.15, -0.1) is 0 Å². The number of nitrogens with zero attached hydrogens (tertiary/aromatic N) is 1. The van der Waals surface area contributed by atoms with Crippen molar-refractivity contribution in [2.45, 2.75) is 12.8 Å². The Morgan fingerprint density at radius 3 is 2.50 bits per heavy atom. The Morgan fingerprint density at radius 2 is 1.85 bits per heavy atom. The number of nitrogens with one attached hydrogen (secondary N) is 2. The molecule has 112 valence electrons. The third-order valence-corrected chi connectivity index (χ3v) is 3.17. The summed E-state index contributed by atoms with van der Waals surface area (Å²) < 4.78 is 0. The van der Waals surface area contributed by atoms with E-state index in [4.69, 9.17) is 11.6 Å². The van der Waals surface area contributed by atoms with Crippen molar-refractivity contribution in [3.63, 3.8) is 0 Å². The molecule has 0 radical (unpaired) electrons. The van der Waals surface area contributed by atoms with Crippen LogP contribution in [0, 0.1) is 0 Å². The summed E-state index contributed by atoms with van der Waals surface area (Å²) in [5.41, 5.74) is 1.18. The average Bonchev–Trinajstić information content (AvgIpc) is 2.40. The van der Waals surface area contributed by atoms with Crippen LogP contribution in [0.15, 0.2) is 24.3 Å². The van der Waals surface area contributed by atoms with Crippen LogP contribution in [0.4, 0.5) is 0 Å². The standard InChI is InChI=1S/C15H24ClN3O/c1-19(2)12-11-17-9-8-15(20)18-10-7-13-3-5-14(16)6-4-13/h3-6,17H,7-12H2,1-2H3,(H,18,20). The van der Waals surface area contributed by atoms with Crippen molar-refractivity contribution in [2.75, 3.05) is 40.3 Å². The lowest BCUT2D eigenvalue weighted by atomic mass is 10.1. The van der Waals surface area contributed by atoms with Gasteiger partial charge in [-0.05, 0) is 38.2 Å². The fourth-order valence-corrected chi connectivity index (χ4v) is 1.84. The minimum atomic E-state index is 0.0938. The second-order valence-corrected chi connectivity index (χ2v) is 5.47. The van der Waals surface area contributed by atoms with Gasteiger partial charge < -0.3 is 15.5 Å². The van der Waals surface area contributed by atoms with Gasteiger partial charge in [0.1, 0.15) is 0 Å². The third-order valence-electron chi connectivity index (χ3n) is 2.91. The van der Waals surface area contributed by atoms with Crippen molar-refractivity contribution in [3.8, 4) is 0 Å². The molecule has 0 aliphatic carbocycles. The van der Waals surface area contributed by atoms with E-state index in [0.29, 0.717) is 13.0 Å². The number of rotatable bonds is 9. The molecule has 0 aliphatic rings. The predicted molar refractivity (Wildman–Crippen MR) is 84.2 cm³/mol. The minimum absolute atomic E-state index is 0.0938. The molecule has 0 aromatic heterocycles. The van der Waals surface area contributed by atoms with Crippen LogP contribution in [-0.2, 0) is 11.2 Å². The predicted octanol–water partition coefficient (Wildman–Crippen LogP) is 1.54. The average molecular weight is 298 g/mol. The fourth-order valence-electron chi connectivity index (χ4n) is 1.72. The largest absolute Gasteiger partial charge is 0.356 e. The number of amides is 1. The molecule has 0 bridgehead atoms. The Labute approximate surface area is 126 Å². The molecule has 0 spiro atoms. The molecule has 5 heteroatoms. The molecule has 0 atom stereocenters. The van der Waals surface area contributed by atoms with E-state index in [-0.39, 0.29) is 5.91 Å². The lowest BCUT2D eigenvalue weighted by Gasteiger charge is -2.10. The van der Waals surface area contributed by atoms with Crippen LogP contribution in [0.25, 0.3) is 0 Å². The highest BCUT2D eigenvalue weighted by Gasteiger charge is 2.00. The highest BCUT2D eigenvalue weighted by molar-refractivity contribution is 6.30. The SMILES string of the molecule is CN(C)CCNCCC(=O)NCCc1ccc(Cl)cc1. The highest BCUT2D eigenvalue weighted by atomic mass is 35.5. The van der Waals surface area contributed by atoms with Gasteiger partial charge in [0.25, 0.3) is 0 Å². The van der Waals surface area contributed by atoms with Gasteiger partial charge in [-0.3, -0.25) is 4.79 Å². The van der Waals surface area contributed by atoms with Crippen LogP contribution in [0.1, 0.15) is 12.0 Å². The maximum absolute atomic E-state index is 11.6. The first-order chi connectivity index (χ1) is 9.58. The van der Waals surface area contributed by atoms with E-state index in [9.17, 15) is 4.79 Å². The first kappa shape index (κ1) is 17.0. The first-order valence-electron chi connectivity index (χ1n) is 6.94. The van der Waals surface area contributed by atoms with E-state index in [1.807, 2.05) is 38.4 Å². The van der Waals surface area contributed by atoms with Gasteiger partial charge in [0.05, 0.1) is 0 Å². The number of hydrogen-bond donors (Lipinski definition) is 2. The Hall–Kier alpha value is -1.10. The molecule has 0 fully saturated rings. The summed E-state index contributed by atoms with van der Waals surface area (Å²) in [7, 11) is 4.07. The lowest BCUT2D eigenvalue weighted by Crippen LogP contribution is -2.32. The number of carbonyl (C=O) groups is 1. The highest BCUT2D eigenvalue weighted by Crippen LogP contribution is 2.09. The zero-order valence-corrected chi connectivity index (χ0v) is 13.0. The summed E-state index contributed by atoms with van der Waals surface area (Å²) in [6.07, 6.45) is 1.35. The van der Waals surface area contributed by atoms with E-state index in [2.05, 4.69) is 15.5 Å². The van der Waals surface area contributed by atoms with Crippen molar-refractivity contribution >= 4 is 17.5 Å². The van der Waals surface area contributed by atoms with Crippen molar-refractivity contribution in [1.29, 1.82) is 0 Å². The third kappa shape index (κ3) is 8.15. The first-order valence-corrected chi connectivity index (χ1v) is 7.32. The van der Waals surface area contributed by atoms with Crippen molar-refractivity contribution in [3.05, 3.63) is 34.9 Å². The molecule has 1 aromatic rings. The second kappa shape index (κ2) is 9.75. The van der Waals surface area contributed by atoms with Gasteiger partial charge in [-0.1, -0.05) is 23.7 Å². The van der Waals surface area contributed by atoms with Crippen LogP contribution < -0.4 is 10.6 Å². The summed E-state index contributed by atoms with van der Waals surface area (Å²) in [5, 5.41) is 6.91. The molecule has 0 saturated carbocycles. The zero-order chi connectivity index (χ0) is 14.8. The Bertz CT molecular complexity index is 393. The van der Waals surface area contributed by atoms with E-state index in [1.54, 1.807) is 0 Å². The fraction of sp³-hybridized carbons (Fsp3) is 0.533. The smallest absolute Gasteiger partial charge is 0.221 e. The number of benzene rings is 1. The van der Waals surface area contributed by atoms with E-state index >= 15 is 0 Å². The summed E-state index contributed by atoms with van der Waals surface area (Å²) >= 11 is 5.82. The minimum Gasteiger partial charge on any atom is -0.356 e. The van der Waals surface area contributed by atoms with Crippen LogP contribution in [0.3, 0.4) is 0 Å². The molecule has 0 saturated heterocycles. The molecule has 0 unspecified atom stereocenters. The van der Waals surface area contributed by atoms with Crippen LogP contribution in [0.2, 0.25) is 5.02 Å². The second-order valence-electron chi connectivity index (χ2n) is 5.03. The van der Waals surface area contributed by atoms with Crippen molar-refractivity contribution in [2.24, 2.45) is 0 Å². The van der Waals surface area contributed by atoms with Gasteiger partial charge in [0.15, 0.2) is 0 Å². The summed E-state index contributed by atoms with van der Waals surface area (Å²) in [6, 6.07) is 7.70. The van der Waals surface area contributed by atoms with Crippen molar-refractivity contribution < 1.29 is 4.79 Å². The number of likely N-dealkylation sites (N-methyl/N-ethyl adjacent to an activating group) is 1. The maximum Gasteiger partial charge on any atom is 0.221 e. The number of halogens is 1. The number of hydrogen-bond acceptors (Lipinski definition) is 3. The molecular weight excluding hydrogens is 274 g/mol. The molecule has 20 heavy (non-hydrogen) atoms. The topological polar surface area (TPSA) is 44.4 Å². The van der Waals surface area contributed by atoms with Gasteiger partial charge in [0, 0.05) is 37.6 Å². The van der Waals surface area contributed by atoms with Gasteiger partial charge in [-0.2, -0.15) is 0 Å². The normalized spacial score (nSPS) is 10.8. The molecule has 0 aliphatic heterocycles. The quantitative estimate of drug-likeness (QED) is 0.680. The van der Waals surface area contributed by atoms with Crippen LogP contribution >= 0.6 is 11.6 Å². The maximum atomic E-state index is 11.6. The Kier molecular flexibility index (Phi) is 8.26. The number of carbonyl (C=O) groups excluding carboxylic acids is 1. The van der Waals surface area contributed by atoms with E-state index in [1.165, 1.54) is 5.56 Å². The summed E-state index contributed by atoms with van der Waals surface area (Å²) in [4.78, 5) is 13.7. The van der Waals surface area contributed by atoms with Gasteiger partial charge in [0.2, 0.25) is 5.91 Å². The summed E-state index contributed by atoms with van der Waals surface area (Å²) in [6.45, 7) is 3.28. The molecule has 1 rings (SSSR count). The van der Waals surface area contributed by atoms with E-state index < -0.39 is 0 Å². The molecule has 0 heterocycles. The Morgan fingerprint density at radius 1 is 1.15 bits per heavy atom. The Balaban J connectivity index is 2.04. The lowest BCUT2D eigenvalue weighted by molar-refractivity contribution is -0.120. The molecule has 4 nitrogen and oxygen atoms in total. The van der Waals surface area contributed by atoms with Crippen LogP contribution in [-0.4, -0.2) is 51.1 Å². The van der Waals surface area contributed by atoms with Gasteiger partial charge >= 0.3 is 0 Å².